The van der Waals surface area contributed by atoms with E-state index >= 15 is 0 Å². The molecule has 176 valence electrons. The molecule has 0 saturated carbocycles. The van der Waals surface area contributed by atoms with Crippen LogP contribution >= 0.6 is 0 Å². The van der Waals surface area contributed by atoms with Crippen LogP contribution in [0.25, 0.3) is 0 Å². The highest BCUT2D eigenvalue weighted by molar-refractivity contribution is 5.96. The van der Waals surface area contributed by atoms with Crippen molar-refractivity contribution in [3.63, 3.8) is 0 Å². The Morgan fingerprint density at radius 1 is 0.939 bits per heavy atom. The van der Waals surface area contributed by atoms with Crippen molar-refractivity contribution in [2.75, 3.05) is 6.54 Å². The SMILES string of the molecule is Cn1ccnc1CNCCCC(NC(=O)c1ccc(CNCc2nccn2C)cc1)C(=O)O. The molecule has 0 spiro atoms. The van der Waals surface area contributed by atoms with Gasteiger partial charge in [0.1, 0.15) is 17.7 Å². The zero-order chi connectivity index (χ0) is 23.6. The molecule has 2 aromatic heterocycles. The van der Waals surface area contributed by atoms with Crippen molar-refractivity contribution >= 4 is 11.9 Å². The van der Waals surface area contributed by atoms with E-state index in [1.807, 2.05) is 47.8 Å². The van der Waals surface area contributed by atoms with Gasteiger partial charge in [0.25, 0.3) is 5.91 Å². The van der Waals surface area contributed by atoms with Gasteiger partial charge in [-0.15, -0.1) is 0 Å². The number of amides is 1. The summed E-state index contributed by atoms with van der Waals surface area (Å²) in [5.74, 6) is 0.421. The fraction of sp³-hybridized carbons (Fsp3) is 0.391. The fourth-order valence-electron chi connectivity index (χ4n) is 3.36. The van der Waals surface area contributed by atoms with Gasteiger partial charge >= 0.3 is 5.97 Å². The number of carbonyl (C=O) groups is 2. The molecule has 10 nitrogen and oxygen atoms in total. The number of carboxylic acid groups (broad SMARTS) is 1. The number of hydrogen-bond donors (Lipinski definition) is 4. The van der Waals surface area contributed by atoms with E-state index in [2.05, 4.69) is 25.9 Å². The molecule has 0 fully saturated rings. The number of hydrogen-bond acceptors (Lipinski definition) is 6. The average molecular weight is 454 g/mol. The van der Waals surface area contributed by atoms with Crippen LogP contribution in [0.3, 0.4) is 0 Å². The minimum absolute atomic E-state index is 0.337. The van der Waals surface area contributed by atoms with Crippen molar-refractivity contribution in [3.8, 4) is 0 Å². The summed E-state index contributed by atoms with van der Waals surface area (Å²) < 4.78 is 3.88. The standard InChI is InChI=1S/C23H31N7O3/c1-29-12-10-26-20(29)15-24-9-3-4-19(23(32)33)28-22(31)18-7-5-17(6-8-18)14-25-16-21-27-11-13-30(21)2/h5-8,10-13,19,24-25H,3-4,9,14-16H2,1-2H3,(H,28,31)(H,32,33). The van der Waals surface area contributed by atoms with Crippen LogP contribution in [0.1, 0.15) is 40.4 Å². The second kappa shape index (κ2) is 11.9. The minimum atomic E-state index is -1.04. The van der Waals surface area contributed by atoms with Gasteiger partial charge in [-0.1, -0.05) is 12.1 Å². The summed E-state index contributed by atoms with van der Waals surface area (Å²) in [6.07, 6.45) is 8.21. The van der Waals surface area contributed by atoms with E-state index in [1.54, 1.807) is 24.5 Å². The maximum Gasteiger partial charge on any atom is 0.326 e. The highest BCUT2D eigenvalue weighted by Crippen LogP contribution is 2.07. The number of nitrogens with zero attached hydrogens (tertiary/aromatic N) is 4. The van der Waals surface area contributed by atoms with E-state index in [-0.39, 0.29) is 0 Å². The van der Waals surface area contributed by atoms with Gasteiger partial charge in [-0.2, -0.15) is 0 Å². The van der Waals surface area contributed by atoms with E-state index in [1.165, 1.54) is 0 Å². The van der Waals surface area contributed by atoms with E-state index < -0.39 is 17.9 Å². The molecule has 4 N–H and O–H groups in total. The summed E-state index contributed by atoms with van der Waals surface area (Å²) in [4.78, 5) is 32.6. The molecule has 0 bridgehead atoms. The monoisotopic (exact) mass is 453 g/mol. The molecule has 1 aromatic carbocycles. The third-order valence-corrected chi connectivity index (χ3v) is 5.40. The number of aromatic nitrogens is 4. The molecule has 1 amide bonds. The Labute approximate surface area is 193 Å². The van der Waals surface area contributed by atoms with Crippen LogP contribution in [-0.2, 0) is 38.5 Å². The molecule has 0 saturated heterocycles. The van der Waals surface area contributed by atoms with Gasteiger partial charge in [0.05, 0.1) is 13.1 Å². The second-order valence-corrected chi connectivity index (χ2v) is 7.89. The average Bonchev–Trinajstić information content (AvgIpc) is 3.40. The highest BCUT2D eigenvalue weighted by Gasteiger charge is 2.20. The van der Waals surface area contributed by atoms with Crippen molar-refractivity contribution in [1.29, 1.82) is 0 Å². The van der Waals surface area contributed by atoms with Crippen LogP contribution in [0.2, 0.25) is 0 Å². The third kappa shape index (κ3) is 7.26. The first-order valence-corrected chi connectivity index (χ1v) is 10.9. The maximum absolute atomic E-state index is 12.5. The zero-order valence-electron chi connectivity index (χ0n) is 19.0. The number of nitrogens with one attached hydrogen (secondary N) is 3. The molecular formula is C23H31N7O3. The number of carbonyl (C=O) groups excluding carboxylic acids is 1. The Kier molecular flexibility index (Phi) is 8.73. The van der Waals surface area contributed by atoms with Gasteiger partial charge in [0, 0.05) is 51.0 Å². The smallest absolute Gasteiger partial charge is 0.326 e. The summed E-state index contributed by atoms with van der Waals surface area (Å²) in [5, 5.41) is 18.7. The lowest BCUT2D eigenvalue weighted by atomic mass is 10.1. The molecule has 2 heterocycles. The van der Waals surface area contributed by atoms with Crippen LogP contribution in [0.15, 0.2) is 49.1 Å². The molecule has 1 unspecified atom stereocenters. The van der Waals surface area contributed by atoms with Crippen molar-refractivity contribution in [2.24, 2.45) is 14.1 Å². The normalized spacial score (nSPS) is 11.9. The Morgan fingerprint density at radius 2 is 1.55 bits per heavy atom. The van der Waals surface area contributed by atoms with Crippen molar-refractivity contribution < 1.29 is 14.7 Å². The highest BCUT2D eigenvalue weighted by atomic mass is 16.4. The first-order valence-electron chi connectivity index (χ1n) is 10.9. The molecule has 10 heteroatoms. The van der Waals surface area contributed by atoms with Crippen LogP contribution < -0.4 is 16.0 Å². The summed E-state index contributed by atoms with van der Waals surface area (Å²) >= 11 is 0. The van der Waals surface area contributed by atoms with Crippen LogP contribution in [0.5, 0.6) is 0 Å². The van der Waals surface area contributed by atoms with Gasteiger partial charge < -0.3 is 30.2 Å². The van der Waals surface area contributed by atoms with E-state index in [0.29, 0.717) is 44.6 Å². The van der Waals surface area contributed by atoms with E-state index in [9.17, 15) is 14.7 Å². The molecule has 0 aliphatic heterocycles. The quantitative estimate of drug-likeness (QED) is 0.287. The molecular weight excluding hydrogens is 422 g/mol. The lowest BCUT2D eigenvalue weighted by molar-refractivity contribution is -0.139. The third-order valence-electron chi connectivity index (χ3n) is 5.40. The number of benzene rings is 1. The number of imidazole rings is 2. The Balaban J connectivity index is 1.40. The number of rotatable bonds is 13. The molecule has 0 radical (unpaired) electrons. The summed E-state index contributed by atoms with van der Waals surface area (Å²) in [5.41, 5.74) is 1.45. The molecule has 0 aliphatic rings. The molecule has 33 heavy (non-hydrogen) atoms. The predicted octanol–water partition coefficient (Wildman–Crippen LogP) is 1.20. The van der Waals surface area contributed by atoms with Gasteiger partial charge in [-0.25, -0.2) is 14.8 Å². The van der Waals surface area contributed by atoms with Crippen LogP contribution in [0.4, 0.5) is 0 Å². The first-order chi connectivity index (χ1) is 15.9. The Hall–Kier alpha value is -3.50. The van der Waals surface area contributed by atoms with Crippen molar-refractivity contribution in [1.82, 2.24) is 35.1 Å². The van der Waals surface area contributed by atoms with Crippen molar-refractivity contribution in [2.45, 2.75) is 38.5 Å². The van der Waals surface area contributed by atoms with Gasteiger partial charge in [-0.05, 0) is 37.1 Å². The largest absolute Gasteiger partial charge is 0.480 e. The Morgan fingerprint density at radius 3 is 2.09 bits per heavy atom. The molecule has 0 aliphatic carbocycles. The lowest BCUT2D eigenvalue weighted by Gasteiger charge is -2.15. The number of aliphatic carboxylic acids is 1. The van der Waals surface area contributed by atoms with Gasteiger partial charge in [0.15, 0.2) is 0 Å². The fourth-order valence-corrected chi connectivity index (χ4v) is 3.36. The first kappa shape index (κ1) is 24.1. The molecule has 1 atom stereocenters. The minimum Gasteiger partial charge on any atom is -0.480 e. The predicted molar refractivity (Wildman–Crippen MR) is 123 cm³/mol. The zero-order valence-corrected chi connectivity index (χ0v) is 19.0. The Bertz CT molecular complexity index is 1040. The van der Waals surface area contributed by atoms with E-state index in [4.69, 9.17) is 0 Å². The second-order valence-electron chi connectivity index (χ2n) is 7.89. The van der Waals surface area contributed by atoms with Crippen LogP contribution in [-0.4, -0.2) is 48.7 Å². The van der Waals surface area contributed by atoms with Gasteiger partial charge in [-0.3, -0.25) is 4.79 Å². The van der Waals surface area contributed by atoms with Gasteiger partial charge in [0.2, 0.25) is 0 Å². The summed E-state index contributed by atoms with van der Waals surface area (Å²) in [6.45, 7) is 2.52. The lowest BCUT2D eigenvalue weighted by Crippen LogP contribution is -2.41. The summed E-state index contributed by atoms with van der Waals surface area (Å²) in [6, 6.07) is 6.20. The molecule has 3 rings (SSSR count). The summed E-state index contributed by atoms with van der Waals surface area (Å²) in [7, 11) is 3.87. The van der Waals surface area contributed by atoms with Crippen molar-refractivity contribution in [3.05, 3.63) is 71.8 Å². The number of carboxylic acids is 1. The topological polar surface area (TPSA) is 126 Å². The number of aryl methyl sites for hydroxylation is 2. The van der Waals surface area contributed by atoms with E-state index in [0.717, 1.165) is 17.2 Å². The maximum atomic E-state index is 12.5. The van der Waals surface area contributed by atoms with Crippen LogP contribution in [0, 0.1) is 0 Å². The molecule has 3 aromatic rings.